The summed E-state index contributed by atoms with van der Waals surface area (Å²) in [4.78, 5) is 4.53. The Morgan fingerprint density at radius 1 is 1.46 bits per heavy atom. The van der Waals surface area contributed by atoms with Crippen LogP contribution in [-0.4, -0.2) is 49.0 Å². The third-order valence-corrected chi connectivity index (χ3v) is 3.37. The van der Waals surface area contributed by atoms with Gasteiger partial charge in [0, 0.05) is 13.6 Å². The van der Waals surface area contributed by atoms with Crippen LogP contribution in [0.2, 0.25) is 0 Å². The Morgan fingerprint density at radius 3 is 2.46 bits per heavy atom. The fourth-order valence-corrected chi connectivity index (χ4v) is 2.03. The van der Waals surface area contributed by atoms with E-state index < -0.39 is 0 Å². The van der Waals surface area contributed by atoms with Crippen molar-refractivity contribution in [1.82, 2.24) is 9.80 Å². The Hall–Kier alpha value is -0.150. The van der Waals surface area contributed by atoms with E-state index >= 15 is 0 Å². The zero-order valence-corrected chi connectivity index (χ0v) is 9.73. The van der Waals surface area contributed by atoms with E-state index in [2.05, 4.69) is 30.8 Å². The second kappa shape index (κ2) is 4.38. The molecule has 0 unspecified atom stereocenters. The van der Waals surface area contributed by atoms with E-state index in [9.17, 15) is 0 Å². The predicted octanol–water partition coefficient (Wildman–Crippen LogP) is 1.61. The number of rotatable bonds is 3. The van der Waals surface area contributed by atoms with Gasteiger partial charge in [-0.15, -0.1) is 0 Å². The van der Waals surface area contributed by atoms with Crippen LogP contribution in [0.3, 0.4) is 0 Å². The van der Waals surface area contributed by atoms with Crippen molar-refractivity contribution >= 4 is 17.7 Å². The number of nitrogens with zero attached hydrogens (tertiary/aromatic N) is 2. The highest BCUT2D eigenvalue weighted by molar-refractivity contribution is 7.78. The molecule has 2 nitrogen and oxygen atoms in total. The molecule has 0 aromatic heterocycles. The van der Waals surface area contributed by atoms with Gasteiger partial charge in [-0.2, -0.15) is 0 Å². The molecular formula is C10H20N2S. The summed E-state index contributed by atoms with van der Waals surface area (Å²) in [5, 5.41) is 0. The Bertz CT molecular complexity index is 174. The lowest BCUT2D eigenvalue weighted by atomic mass is 9.80. The van der Waals surface area contributed by atoms with E-state index in [1.165, 1.54) is 25.9 Å². The van der Waals surface area contributed by atoms with E-state index in [0.717, 1.165) is 6.54 Å². The molecule has 0 N–H and O–H groups in total. The van der Waals surface area contributed by atoms with E-state index in [1.54, 1.807) is 5.49 Å². The van der Waals surface area contributed by atoms with Crippen LogP contribution in [0.15, 0.2) is 0 Å². The van der Waals surface area contributed by atoms with Crippen molar-refractivity contribution in [3.63, 3.8) is 0 Å². The Labute approximate surface area is 86.9 Å². The number of piperidine rings is 1. The van der Waals surface area contributed by atoms with Crippen LogP contribution < -0.4 is 0 Å². The molecule has 0 amide bonds. The second-order valence-electron chi connectivity index (χ2n) is 4.63. The smallest absolute Gasteiger partial charge is 0.0638 e. The molecule has 0 atom stereocenters. The highest BCUT2D eigenvalue weighted by atomic mass is 32.1. The number of likely N-dealkylation sites (tertiary alicyclic amines) is 1. The molecule has 0 aliphatic carbocycles. The zero-order valence-electron chi connectivity index (χ0n) is 8.92. The van der Waals surface area contributed by atoms with Crippen molar-refractivity contribution in [1.29, 1.82) is 0 Å². The van der Waals surface area contributed by atoms with Crippen LogP contribution in [0.1, 0.15) is 19.8 Å². The van der Waals surface area contributed by atoms with Crippen LogP contribution >= 0.6 is 12.2 Å². The Balaban J connectivity index is 2.42. The van der Waals surface area contributed by atoms with E-state index in [-0.39, 0.29) is 0 Å². The third-order valence-electron chi connectivity index (χ3n) is 3.01. The van der Waals surface area contributed by atoms with Gasteiger partial charge in [-0.1, -0.05) is 19.1 Å². The number of thiocarbonyl (C=S) groups is 1. The number of hydrogen-bond donors (Lipinski definition) is 0. The van der Waals surface area contributed by atoms with Gasteiger partial charge in [-0.05, 0) is 38.4 Å². The predicted molar refractivity (Wildman–Crippen MR) is 61.1 cm³/mol. The van der Waals surface area contributed by atoms with E-state index in [4.69, 9.17) is 12.2 Å². The minimum Gasteiger partial charge on any atom is -0.371 e. The lowest BCUT2D eigenvalue weighted by Gasteiger charge is -2.39. The monoisotopic (exact) mass is 200 g/mol. The van der Waals surface area contributed by atoms with Gasteiger partial charge in [-0.3, -0.25) is 0 Å². The fraction of sp³-hybridized carbons (Fsp3) is 0.900. The van der Waals surface area contributed by atoms with Gasteiger partial charge in [-0.25, -0.2) is 0 Å². The summed E-state index contributed by atoms with van der Waals surface area (Å²) in [5.41, 5.74) is 2.22. The lowest BCUT2D eigenvalue weighted by Crippen LogP contribution is -2.42. The summed E-state index contributed by atoms with van der Waals surface area (Å²) in [6.45, 7) is 5.92. The summed E-state index contributed by atoms with van der Waals surface area (Å²) in [6, 6.07) is 0. The van der Waals surface area contributed by atoms with Crippen LogP contribution in [0.25, 0.3) is 0 Å². The molecule has 1 fully saturated rings. The largest absolute Gasteiger partial charge is 0.371 e. The van der Waals surface area contributed by atoms with Crippen LogP contribution in [0, 0.1) is 5.41 Å². The fourth-order valence-electron chi connectivity index (χ4n) is 1.96. The van der Waals surface area contributed by atoms with Crippen LogP contribution in [0.4, 0.5) is 0 Å². The van der Waals surface area contributed by atoms with E-state index in [1.807, 2.05) is 0 Å². The van der Waals surface area contributed by atoms with Crippen molar-refractivity contribution in [2.45, 2.75) is 19.8 Å². The van der Waals surface area contributed by atoms with Gasteiger partial charge < -0.3 is 9.80 Å². The van der Waals surface area contributed by atoms with Gasteiger partial charge in [0.2, 0.25) is 0 Å². The van der Waals surface area contributed by atoms with Crippen molar-refractivity contribution in [2.24, 2.45) is 5.41 Å². The third kappa shape index (κ3) is 3.24. The molecule has 0 saturated carbocycles. The second-order valence-corrected chi connectivity index (χ2v) is 4.85. The Kier molecular flexibility index (Phi) is 3.68. The molecule has 1 aliphatic heterocycles. The molecule has 1 rings (SSSR count). The van der Waals surface area contributed by atoms with Gasteiger partial charge in [0.15, 0.2) is 0 Å². The summed E-state index contributed by atoms with van der Waals surface area (Å²) < 4.78 is 0. The normalized spacial score (nSPS) is 22.7. The molecule has 13 heavy (non-hydrogen) atoms. The average molecular weight is 200 g/mol. The highest BCUT2D eigenvalue weighted by Crippen LogP contribution is 2.30. The average Bonchev–Trinajstić information content (AvgIpc) is 2.10. The molecule has 0 spiro atoms. The highest BCUT2D eigenvalue weighted by Gasteiger charge is 2.29. The zero-order chi connectivity index (χ0) is 9.90. The topological polar surface area (TPSA) is 6.48 Å². The first-order valence-electron chi connectivity index (χ1n) is 4.90. The minimum absolute atomic E-state index is 0.469. The standard InChI is InChI=1S/C10H20N2S/c1-10(8-12(3)9-13)4-6-11(2)7-5-10/h9H,4-8H2,1-3H3. The van der Waals surface area contributed by atoms with Gasteiger partial charge in [0.25, 0.3) is 0 Å². The molecule has 0 radical (unpaired) electrons. The first-order chi connectivity index (χ1) is 6.06. The maximum Gasteiger partial charge on any atom is 0.0638 e. The number of hydrogen-bond acceptors (Lipinski definition) is 2. The SMILES string of the molecule is CN(C=S)CC1(C)CCN(C)CC1. The summed E-state index contributed by atoms with van der Waals surface area (Å²) in [7, 11) is 4.26. The molecule has 0 aromatic rings. The van der Waals surface area contributed by atoms with Gasteiger partial charge in [0.1, 0.15) is 0 Å². The molecule has 0 bridgehead atoms. The van der Waals surface area contributed by atoms with Gasteiger partial charge in [0.05, 0.1) is 5.49 Å². The molecule has 76 valence electrons. The molecule has 1 saturated heterocycles. The molecule has 3 heteroatoms. The molecule has 1 aliphatic rings. The molecule has 0 aromatic carbocycles. The summed E-state index contributed by atoms with van der Waals surface area (Å²) in [5.74, 6) is 0. The first-order valence-corrected chi connectivity index (χ1v) is 5.37. The van der Waals surface area contributed by atoms with E-state index in [0.29, 0.717) is 5.41 Å². The quantitative estimate of drug-likeness (QED) is 0.639. The van der Waals surface area contributed by atoms with Crippen molar-refractivity contribution in [3.8, 4) is 0 Å². The van der Waals surface area contributed by atoms with Crippen molar-refractivity contribution in [2.75, 3.05) is 33.7 Å². The summed E-state index contributed by atoms with van der Waals surface area (Å²) >= 11 is 4.91. The first kappa shape index (κ1) is 10.9. The Morgan fingerprint density at radius 2 is 2.00 bits per heavy atom. The maximum absolute atomic E-state index is 4.91. The minimum atomic E-state index is 0.469. The molecular weight excluding hydrogens is 180 g/mol. The van der Waals surface area contributed by atoms with Crippen LogP contribution in [0.5, 0.6) is 0 Å². The van der Waals surface area contributed by atoms with Gasteiger partial charge >= 0.3 is 0 Å². The molecule has 1 heterocycles. The maximum atomic E-state index is 4.91. The lowest BCUT2D eigenvalue weighted by molar-refractivity contribution is 0.120. The van der Waals surface area contributed by atoms with Crippen molar-refractivity contribution < 1.29 is 0 Å². The van der Waals surface area contributed by atoms with Crippen molar-refractivity contribution in [3.05, 3.63) is 0 Å². The van der Waals surface area contributed by atoms with Crippen LogP contribution in [-0.2, 0) is 0 Å². The summed E-state index contributed by atoms with van der Waals surface area (Å²) in [6.07, 6.45) is 2.58.